The summed E-state index contributed by atoms with van der Waals surface area (Å²) in [6, 6.07) is 14.6. The summed E-state index contributed by atoms with van der Waals surface area (Å²) in [7, 11) is 0. The van der Waals surface area contributed by atoms with E-state index < -0.39 is 0 Å². The maximum atomic E-state index is 11.9. The van der Waals surface area contributed by atoms with Crippen LogP contribution in [0.25, 0.3) is 33.4 Å². The van der Waals surface area contributed by atoms with Gasteiger partial charge in [0.25, 0.3) is 0 Å². The first-order valence-corrected chi connectivity index (χ1v) is 9.70. The summed E-state index contributed by atoms with van der Waals surface area (Å²) in [6.45, 7) is 0.973. The highest BCUT2D eigenvalue weighted by molar-refractivity contribution is 7.80. The Balaban J connectivity index is 2.05. The van der Waals surface area contributed by atoms with Gasteiger partial charge in [0.05, 0.1) is 0 Å². The van der Waals surface area contributed by atoms with Crippen molar-refractivity contribution < 1.29 is 14.3 Å². The fraction of sp³-hybridized carbons (Fsp3) is 0.0870. The van der Waals surface area contributed by atoms with Crippen molar-refractivity contribution in [1.29, 1.82) is 0 Å². The van der Waals surface area contributed by atoms with Gasteiger partial charge in [0.15, 0.2) is 11.7 Å². The summed E-state index contributed by atoms with van der Waals surface area (Å²) < 4.78 is 5.87. The van der Waals surface area contributed by atoms with Crippen LogP contribution in [0.1, 0.15) is 15.9 Å². The number of phenolic OH excluding ortho intramolecular Hbond substituents is 1. The molecule has 30 heavy (non-hydrogen) atoms. The summed E-state index contributed by atoms with van der Waals surface area (Å²) in [4.78, 5) is 24.3. The molecule has 2 aromatic carbocycles. The quantitative estimate of drug-likeness (QED) is 0.259. The summed E-state index contributed by atoms with van der Waals surface area (Å²) in [6.07, 6.45) is 0.777. The molecule has 0 unspecified atom stereocenters. The van der Waals surface area contributed by atoms with Gasteiger partial charge in [-0.05, 0) is 35.9 Å². The number of aromatic hydroxyl groups is 1. The minimum atomic E-state index is -0.201. The van der Waals surface area contributed by atoms with Crippen LogP contribution in [-0.4, -0.2) is 29.5 Å². The SMILES string of the molecule is NCCNC(=S)c1ccc(C=O)c(-c2c3ccc(=O)cc-3oc3cc(O)ccc23)c1. The Morgan fingerprint density at radius 1 is 1.10 bits per heavy atom. The molecule has 0 radical (unpaired) electrons. The number of benzene rings is 3. The van der Waals surface area contributed by atoms with Crippen molar-refractivity contribution >= 4 is 34.5 Å². The van der Waals surface area contributed by atoms with Crippen LogP contribution in [0.15, 0.2) is 63.8 Å². The Labute approximate surface area is 177 Å². The van der Waals surface area contributed by atoms with E-state index in [2.05, 4.69) is 5.32 Å². The third-order valence-corrected chi connectivity index (χ3v) is 5.20. The van der Waals surface area contributed by atoms with E-state index in [0.29, 0.717) is 51.5 Å². The van der Waals surface area contributed by atoms with Gasteiger partial charge in [-0.2, -0.15) is 0 Å². The molecule has 4 N–H and O–H groups in total. The van der Waals surface area contributed by atoms with Crippen molar-refractivity contribution in [3.8, 4) is 28.2 Å². The summed E-state index contributed by atoms with van der Waals surface area (Å²) in [5.41, 5.74) is 8.99. The largest absolute Gasteiger partial charge is 0.508 e. The van der Waals surface area contributed by atoms with E-state index in [1.807, 2.05) is 6.07 Å². The number of hydrogen-bond acceptors (Lipinski definition) is 6. The lowest BCUT2D eigenvalue weighted by Gasteiger charge is -2.17. The van der Waals surface area contributed by atoms with Gasteiger partial charge in [0.1, 0.15) is 22.1 Å². The maximum absolute atomic E-state index is 11.9. The molecule has 1 heterocycles. The van der Waals surface area contributed by atoms with Crippen LogP contribution in [0, 0.1) is 0 Å². The molecule has 150 valence electrons. The number of aldehydes is 1. The van der Waals surface area contributed by atoms with Gasteiger partial charge in [0.2, 0.25) is 0 Å². The number of nitrogens with one attached hydrogen (secondary N) is 1. The fourth-order valence-corrected chi connectivity index (χ4v) is 3.68. The van der Waals surface area contributed by atoms with E-state index in [9.17, 15) is 14.7 Å². The smallest absolute Gasteiger partial charge is 0.182 e. The lowest BCUT2D eigenvalue weighted by atomic mass is 9.90. The Bertz CT molecular complexity index is 1310. The lowest BCUT2D eigenvalue weighted by Crippen LogP contribution is -2.28. The highest BCUT2D eigenvalue weighted by Gasteiger charge is 2.20. The van der Waals surface area contributed by atoms with Crippen LogP contribution in [0.3, 0.4) is 0 Å². The lowest BCUT2D eigenvalue weighted by molar-refractivity contribution is 0.112. The first-order chi connectivity index (χ1) is 14.5. The molecule has 1 aliphatic carbocycles. The third kappa shape index (κ3) is 3.56. The van der Waals surface area contributed by atoms with E-state index in [1.54, 1.807) is 30.3 Å². The van der Waals surface area contributed by atoms with Crippen LogP contribution in [0.4, 0.5) is 0 Å². The standard InChI is InChI=1S/C23H18N2O4S/c24-7-8-25-23(30)13-1-2-14(12-26)19(9-13)22-17-5-3-15(27)10-20(17)29-21-11-16(28)4-6-18(21)22/h1-6,9-12,27H,7-8,24H2,(H,25,30). The topological polar surface area (TPSA) is 106 Å². The normalized spacial score (nSPS) is 11.0. The van der Waals surface area contributed by atoms with Gasteiger partial charge in [-0.15, -0.1) is 0 Å². The third-order valence-electron chi connectivity index (χ3n) is 4.82. The average Bonchev–Trinajstić information content (AvgIpc) is 2.75. The second kappa shape index (κ2) is 8.06. The zero-order valence-electron chi connectivity index (χ0n) is 15.8. The molecule has 1 aliphatic heterocycles. The molecule has 0 saturated carbocycles. The van der Waals surface area contributed by atoms with Gasteiger partial charge < -0.3 is 20.6 Å². The van der Waals surface area contributed by atoms with Crippen LogP contribution >= 0.6 is 12.2 Å². The molecule has 0 atom stereocenters. The predicted molar refractivity (Wildman–Crippen MR) is 120 cm³/mol. The first kappa shape index (κ1) is 19.8. The van der Waals surface area contributed by atoms with Gasteiger partial charge in [0, 0.05) is 52.9 Å². The van der Waals surface area contributed by atoms with E-state index in [4.69, 9.17) is 22.4 Å². The monoisotopic (exact) mass is 418 g/mol. The molecule has 4 rings (SSSR count). The Morgan fingerprint density at radius 3 is 2.70 bits per heavy atom. The van der Waals surface area contributed by atoms with Crippen molar-refractivity contribution in [1.82, 2.24) is 5.32 Å². The molecule has 0 saturated heterocycles. The number of fused-ring (bicyclic) bond motifs is 2. The number of phenols is 1. The van der Waals surface area contributed by atoms with Gasteiger partial charge >= 0.3 is 0 Å². The second-order valence-corrected chi connectivity index (χ2v) is 7.19. The number of carbonyl (C=O) groups excluding carboxylic acids is 1. The molecule has 0 aromatic heterocycles. The van der Waals surface area contributed by atoms with E-state index >= 15 is 0 Å². The van der Waals surface area contributed by atoms with E-state index in [1.165, 1.54) is 18.2 Å². The van der Waals surface area contributed by atoms with Crippen molar-refractivity contribution in [2.75, 3.05) is 13.1 Å². The molecular weight excluding hydrogens is 400 g/mol. The molecule has 0 fully saturated rings. The highest BCUT2D eigenvalue weighted by Crippen LogP contribution is 2.41. The average molecular weight is 418 g/mol. The summed E-state index contributed by atoms with van der Waals surface area (Å²) >= 11 is 5.45. The van der Waals surface area contributed by atoms with Gasteiger partial charge in [-0.3, -0.25) is 9.59 Å². The molecular formula is C23H18N2O4S. The molecule has 6 nitrogen and oxygen atoms in total. The van der Waals surface area contributed by atoms with Gasteiger partial charge in [-0.1, -0.05) is 24.4 Å². The fourth-order valence-electron chi connectivity index (χ4n) is 3.45. The van der Waals surface area contributed by atoms with E-state index in [-0.39, 0.29) is 11.2 Å². The van der Waals surface area contributed by atoms with Crippen LogP contribution < -0.4 is 16.5 Å². The number of rotatable bonds is 5. The van der Waals surface area contributed by atoms with E-state index in [0.717, 1.165) is 17.4 Å². The zero-order valence-corrected chi connectivity index (χ0v) is 16.7. The van der Waals surface area contributed by atoms with Crippen LogP contribution in [-0.2, 0) is 0 Å². The number of thiocarbonyl (C=S) groups is 1. The molecule has 0 spiro atoms. The summed E-state index contributed by atoms with van der Waals surface area (Å²) in [5, 5.41) is 13.7. The second-order valence-electron chi connectivity index (χ2n) is 6.78. The molecule has 7 heteroatoms. The molecule has 0 amide bonds. The minimum Gasteiger partial charge on any atom is -0.508 e. The molecule has 2 aliphatic rings. The minimum absolute atomic E-state index is 0.0337. The number of hydrogen-bond donors (Lipinski definition) is 3. The van der Waals surface area contributed by atoms with Crippen molar-refractivity contribution in [3.63, 3.8) is 0 Å². The van der Waals surface area contributed by atoms with Crippen molar-refractivity contribution in [3.05, 3.63) is 75.9 Å². The predicted octanol–water partition coefficient (Wildman–Crippen LogP) is 3.31. The van der Waals surface area contributed by atoms with Crippen molar-refractivity contribution in [2.24, 2.45) is 5.73 Å². The number of nitrogens with two attached hydrogens (primary N) is 1. The highest BCUT2D eigenvalue weighted by atomic mass is 32.1. The Kier molecular flexibility index (Phi) is 5.31. The van der Waals surface area contributed by atoms with Gasteiger partial charge in [-0.25, -0.2) is 0 Å². The number of carbonyl (C=O) groups is 1. The molecule has 2 aromatic rings. The Morgan fingerprint density at radius 2 is 1.93 bits per heavy atom. The zero-order chi connectivity index (χ0) is 21.3. The van der Waals surface area contributed by atoms with Crippen LogP contribution in [0.2, 0.25) is 0 Å². The van der Waals surface area contributed by atoms with Crippen LogP contribution in [0.5, 0.6) is 5.75 Å². The summed E-state index contributed by atoms with van der Waals surface area (Å²) in [5.74, 6) is 0.396. The first-order valence-electron chi connectivity index (χ1n) is 9.29. The molecule has 0 bridgehead atoms. The van der Waals surface area contributed by atoms with Crippen molar-refractivity contribution in [2.45, 2.75) is 0 Å². The maximum Gasteiger partial charge on any atom is 0.182 e. The Hall–Kier alpha value is -3.55.